The predicted octanol–water partition coefficient (Wildman–Crippen LogP) is 3.99. The molecule has 1 fully saturated rings. The van der Waals surface area contributed by atoms with Gasteiger partial charge in [-0.3, -0.25) is 14.6 Å². The molecule has 0 aromatic heterocycles. The molecule has 1 heterocycles. The van der Waals surface area contributed by atoms with Crippen molar-refractivity contribution in [3.05, 3.63) is 69.7 Å². The lowest BCUT2D eigenvalue weighted by Crippen LogP contribution is -2.47. The van der Waals surface area contributed by atoms with Crippen molar-refractivity contribution >= 4 is 29.0 Å². The summed E-state index contributed by atoms with van der Waals surface area (Å²) in [6.45, 7) is 5.09. The zero-order valence-electron chi connectivity index (χ0n) is 13.4. The maximum absolute atomic E-state index is 12.4. The van der Waals surface area contributed by atoms with Crippen LogP contribution in [0.25, 0.3) is 0 Å². The second kappa shape index (κ2) is 8.13. The lowest BCUT2D eigenvalue weighted by Gasteiger charge is -2.34. The Bertz CT molecular complexity index is 698. The highest BCUT2D eigenvalue weighted by molar-refractivity contribution is 6.36. The van der Waals surface area contributed by atoms with E-state index in [0.717, 1.165) is 32.7 Å². The third kappa shape index (κ3) is 4.58. The number of hydrogen-bond donors (Lipinski definition) is 0. The minimum atomic E-state index is 0.0492. The summed E-state index contributed by atoms with van der Waals surface area (Å²) in [7, 11) is 0. The van der Waals surface area contributed by atoms with Crippen LogP contribution in [0, 0.1) is 0 Å². The minimum Gasteiger partial charge on any atom is -0.297 e. The van der Waals surface area contributed by atoms with Crippen molar-refractivity contribution in [3.8, 4) is 0 Å². The summed E-state index contributed by atoms with van der Waals surface area (Å²) in [5, 5.41) is 0.973. The third-order valence-electron chi connectivity index (χ3n) is 4.31. The van der Waals surface area contributed by atoms with Gasteiger partial charge in [0.25, 0.3) is 0 Å². The maximum atomic E-state index is 12.4. The number of nitrogens with zero attached hydrogens (tertiary/aromatic N) is 2. The summed E-state index contributed by atoms with van der Waals surface area (Å²) >= 11 is 12.0. The van der Waals surface area contributed by atoms with E-state index in [2.05, 4.69) is 34.1 Å². The van der Waals surface area contributed by atoms with E-state index in [9.17, 15) is 4.79 Å². The Morgan fingerprint density at radius 3 is 2.25 bits per heavy atom. The van der Waals surface area contributed by atoms with E-state index in [1.165, 1.54) is 5.56 Å². The Kier molecular flexibility index (Phi) is 5.90. The Labute approximate surface area is 152 Å². The average molecular weight is 363 g/mol. The zero-order chi connectivity index (χ0) is 16.9. The van der Waals surface area contributed by atoms with E-state index in [0.29, 0.717) is 22.2 Å². The molecule has 5 heteroatoms. The number of carbonyl (C=O) groups is 1. The molecule has 1 aliphatic heterocycles. The first-order valence-corrected chi connectivity index (χ1v) is 8.84. The maximum Gasteiger partial charge on any atom is 0.178 e. The van der Waals surface area contributed by atoms with Crippen molar-refractivity contribution in [2.45, 2.75) is 6.54 Å². The number of Topliss-reactive ketones (excluding diaryl/α,β-unsaturated/α-hetero) is 1. The monoisotopic (exact) mass is 362 g/mol. The van der Waals surface area contributed by atoms with Gasteiger partial charge in [0.1, 0.15) is 0 Å². The fourth-order valence-corrected chi connectivity index (χ4v) is 3.46. The first kappa shape index (κ1) is 17.4. The molecule has 1 saturated heterocycles. The van der Waals surface area contributed by atoms with Crippen LogP contribution in [0.3, 0.4) is 0 Å². The molecule has 0 atom stereocenters. The van der Waals surface area contributed by atoms with Crippen LogP contribution in [0.15, 0.2) is 48.5 Å². The second-order valence-corrected chi connectivity index (χ2v) is 6.93. The predicted molar refractivity (Wildman–Crippen MR) is 99.0 cm³/mol. The van der Waals surface area contributed by atoms with Crippen LogP contribution in [0.5, 0.6) is 0 Å². The molecule has 2 aromatic carbocycles. The largest absolute Gasteiger partial charge is 0.297 e. The van der Waals surface area contributed by atoms with Gasteiger partial charge in [0.15, 0.2) is 5.78 Å². The molecule has 1 aliphatic rings. The number of rotatable bonds is 5. The summed E-state index contributed by atoms with van der Waals surface area (Å²) in [6, 6.07) is 15.5. The third-order valence-corrected chi connectivity index (χ3v) is 4.86. The van der Waals surface area contributed by atoms with E-state index in [4.69, 9.17) is 23.2 Å². The normalized spacial score (nSPS) is 16.2. The number of ketones is 1. The molecule has 0 N–H and O–H groups in total. The standard InChI is InChI=1S/C19H20Cl2N2O/c20-16-6-7-17(18(21)12-16)19(24)14-23-10-8-22(9-11-23)13-15-4-2-1-3-5-15/h1-7,12H,8-11,13-14H2. The molecule has 0 aliphatic carbocycles. The average Bonchev–Trinajstić information content (AvgIpc) is 2.57. The number of benzene rings is 2. The first-order valence-electron chi connectivity index (χ1n) is 8.09. The molecule has 0 bridgehead atoms. The first-order chi connectivity index (χ1) is 11.6. The number of carbonyl (C=O) groups excluding carboxylic acids is 1. The molecule has 0 amide bonds. The van der Waals surface area contributed by atoms with Gasteiger partial charge in [-0.1, -0.05) is 53.5 Å². The molecule has 126 valence electrons. The summed E-state index contributed by atoms with van der Waals surface area (Å²) in [5.41, 5.74) is 1.88. The Morgan fingerprint density at radius 2 is 1.58 bits per heavy atom. The molecule has 0 unspecified atom stereocenters. The Morgan fingerprint density at radius 1 is 0.917 bits per heavy atom. The van der Waals surface area contributed by atoms with Gasteiger partial charge < -0.3 is 0 Å². The minimum absolute atomic E-state index is 0.0492. The van der Waals surface area contributed by atoms with E-state index >= 15 is 0 Å². The second-order valence-electron chi connectivity index (χ2n) is 6.09. The Hall–Kier alpha value is -1.39. The van der Waals surface area contributed by atoms with Crippen LogP contribution in [0.4, 0.5) is 0 Å². The highest BCUT2D eigenvalue weighted by atomic mass is 35.5. The van der Waals surface area contributed by atoms with Crippen molar-refractivity contribution in [1.29, 1.82) is 0 Å². The van der Waals surface area contributed by atoms with E-state index in [1.54, 1.807) is 18.2 Å². The van der Waals surface area contributed by atoms with Crippen molar-refractivity contribution in [1.82, 2.24) is 9.80 Å². The number of halogens is 2. The van der Waals surface area contributed by atoms with Crippen molar-refractivity contribution in [2.75, 3.05) is 32.7 Å². The summed E-state index contributed by atoms with van der Waals surface area (Å²) in [6.07, 6.45) is 0. The van der Waals surface area contributed by atoms with Crippen LogP contribution >= 0.6 is 23.2 Å². The SMILES string of the molecule is O=C(CN1CCN(Cc2ccccc2)CC1)c1ccc(Cl)cc1Cl. The van der Waals surface area contributed by atoms with Gasteiger partial charge in [0.05, 0.1) is 11.6 Å². The van der Waals surface area contributed by atoms with Crippen molar-refractivity contribution < 1.29 is 4.79 Å². The zero-order valence-corrected chi connectivity index (χ0v) is 14.9. The smallest absolute Gasteiger partial charge is 0.178 e. The molecule has 0 spiro atoms. The molecular formula is C19H20Cl2N2O. The highest BCUT2D eigenvalue weighted by Crippen LogP contribution is 2.21. The van der Waals surface area contributed by atoms with E-state index in [-0.39, 0.29) is 5.78 Å². The summed E-state index contributed by atoms with van der Waals surface area (Å²) < 4.78 is 0. The topological polar surface area (TPSA) is 23.6 Å². The molecule has 0 radical (unpaired) electrons. The van der Waals surface area contributed by atoms with E-state index in [1.807, 2.05) is 6.07 Å². The van der Waals surface area contributed by atoms with Crippen LogP contribution in [-0.2, 0) is 6.54 Å². The van der Waals surface area contributed by atoms with Gasteiger partial charge >= 0.3 is 0 Å². The van der Waals surface area contributed by atoms with Gasteiger partial charge in [-0.15, -0.1) is 0 Å². The quantitative estimate of drug-likeness (QED) is 0.751. The van der Waals surface area contributed by atoms with Gasteiger partial charge in [0.2, 0.25) is 0 Å². The van der Waals surface area contributed by atoms with E-state index < -0.39 is 0 Å². The molecule has 24 heavy (non-hydrogen) atoms. The van der Waals surface area contributed by atoms with Gasteiger partial charge in [-0.2, -0.15) is 0 Å². The van der Waals surface area contributed by atoms with Crippen LogP contribution in [0.1, 0.15) is 15.9 Å². The molecule has 2 aromatic rings. The fourth-order valence-electron chi connectivity index (χ4n) is 2.95. The lowest BCUT2D eigenvalue weighted by molar-refractivity contribution is 0.0844. The van der Waals surface area contributed by atoms with Crippen LogP contribution in [0.2, 0.25) is 10.0 Å². The lowest BCUT2D eigenvalue weighted by atomic mass is 10.1. The van der Waals surface area contributed by atoms with Gasteiger partial charge in [-0.05, 0) is 23.8 Å². The molecule has 3 nitrogen and oxygen atoms in total. The van der Waals surface area contributed by atoms with Crippen LogP contribution < -0.4 is 0 Å². The van der Waals surface area contributed by atoms with Gasteiger partial charge in [0, 0.05) is 43.3 Å². The number of piperazine rings is 1. The van der Waals surface area contributed by atoms with Crippen molar-refractivity contribution in [3.63, 3.8) is 0 Å². The fraction of sp³-hybridized carbons (Fsp3) is 0.316. The molecular weight excluding hydrogens is 343 g/mol. The summed E-state index contributed by atoms with van der Waals surface area (Å²) in [4.78, 5) is 17.0. The molecule has 0 saturated carbocycles. The highest BCUT2D eigenvalue weighted by Gasteiger charge is 2.20. The van der Waals surface area contributed by atoms with Crippen molar-refractivity contribution in [2.24, 2.45) is 0 Å². The Balaban J connectivity index is 1.51. The number of hydrogen-bond acceptors (Lipinski definition) is 3. The summed E-state index contributed by atoms with van der Waals surface area (Å²) in [5.74, 6) is 0.0492. The van der Waals surface area contributed by atoms with Crippen LogP contribution in [-0.4, -0.2) is 48.3 Å². The van der Waals surface area contributed by atoms with Gasteiger partial charge in [-0.25, -0.2) is 0 Å². The molecule has 3 rings (SSSR count).